The summed E-state index contributed by atoms with van der Waals surface area (Å²) in [5.41, 5.74) is 0.410. The molecule has 1 saturated heterocycles. The van der Waals surface area contributed by atoms with Crippen LogP contribution in [0.1, 0.15) is 47.5 Å². The molecule has 2 N–H and O–H groups in total. The number of rotatable bonds is 8. The molecule has 2 heterocycles. The number of hydrogen-bond acceptors (Lipinski definition) is 7. The van der Waals surface area contributed by atoms with Gasteiger partial charge in [-0.2, -0.15) is 0 Å². The van der Waals surface area contributed by atoms with E-state index in [1.54, 1.807) is 19.1 Å². The molecular formula is C27H32O7. The van der Waals surface area contributed by atoms with Crippen LogP contribution in [0.15, 0.2) is 71.0 Å². The van der Waals surface area contributed by atoms with E-state index >= 15 is 0 Å². The molecule has 2 aliphatic heterocycles. The predicted octanol–water partition coefficient (Wildman–Crippen LogP) is 4.17. The van der Waals surface area contributed by atoms with Gasteiger partial charge in [-0.05, 0) is 50.5 Å². The maximum Gasteiger partial charge on any atom is 0.318 e. The van der Waals surface area contributed by atoms with Gasteiger partial charge in [0.25, 0.3) is 0 Å². The van der Waals surface area contributed by atoms with Crippen LogP contribution in [-0.2, 0) is 23.9 Å². The summed E-state index contributed by atoms with van der Waals surface area (Å²) in [5.74, 6) is -3.54. The van der Waals surface area contributed by atoms with E-state index in [0.29, 0.717) is 22.8 Å². The van der Waals surface area contributed by atoms with E-state index in [9.17, 15) is 24.6 Å². The fourth-order valence-corrected chi connectivity index (χ4v) is 4.43. The van der Waals surface area contributed by atoms with Crippen LogP contribution in [0.25, 0.3) is 0 Å². The Bertz CT molecular complexity index is 1070. The van der Waals surface area contributed by atoms with Gasteiger partial charge >= 0.3 is 5.97 Å². The lowest BCUT2D eigenvalue weighted by Crippen LogP contribution is -2.46. The van der Waals surface area contributed by atoms with E-state index in [0.717, 1.165) is 18.1 Å². The summed E-state index contributed by atoms with van der Waals surface area (Å²) in [7, 11) is 0. The third kappa shape index (κ3) is 5.14. The number of allylic oxidation sites excluding steroid dienone is 7. The molecule has 3 rings (SSSR count). The Hall–Kier alpha value is -3.19. The van der Waals surface area contributed by atoms with Crippen molar-refractivity contribution in [1.82, 2.24) is 0 Å². The molecule has 0 bridgehead atoms. The first-order valence-electron chi connectivity index (χ1n) is 11.5. The second-order valence-electron chi connectivity index (χ2n) is 9.40. The molecule has 0 saturated carbocycles. The molecule has 0 amide bonds. The Morgan fingerprint density at radius 2 is 1.94 bits per heavy atom. The molecule has 7 heteroatoms. The predicted molar refractivity (Wildman–Crippen MR) is 126 cm³/mol. The summed E-state index contributed by atoms with van der Waals surface area (Å²) in [6.45, 7) is 9.16. The molecule has 0 aromatic rings. The largest absolute Gasteiger partial charge is 0.508 e. The van der Waals surface area contributed by atoms with Crippen molar-refractivity contribution in [1.29, 1.82) is 0 Å². The Labute approximate surface area is 199 Å². The van der Waals surface area contributed by atoms with Crippen molar-refractivity contribution in [2.45, 2.75) is 59.2 Å². The van der Waals surface area contributed by atoms with Gasteiger partial charge in [-0.25, -0.2) is 0 Å². The topological polar surface area (TPSA) is 110 Å². The van der Waals surface area contributed by atoms with Crippen molar-refractivity contribution < 1.29 is 34.1 Å². The van der Waals surface area contributed by atoms with Crippen LogP contribution in [0.2, 0.25) is 0 Å². The van der Waals surface area contributed by atoms with E-state index in [2.05, 4.69) is 19.9 Å². The van der Waals surface area contributed by atoms with Gasteiger partial charge < -0.3 is 19.7 Å². The average molecular weight is 469 g/mol. The number of aliphatic hydroxyl groups excluding tert-OH is 2. The van der Waals surface area contributed by atoms with Crippen LogP contribution in [0.4, 0.5) is 0 Å². The first-order chi connectivity index (χ1) is 16.0. The smallest absolute Gasteiger partial charge is 0.318 e. The van der Waals surface area contributed by atoms with Crippen LogP contribution in [0, 0.1) is 17.8 Å². The highest BCUT2D eigenvalue weighted by Crippen LogP contribution is 2.49. The Morgan fingerprint density at radius 3 is 2.59 bits per heavy atom. The number of ketones is 2. The van der Waals surface area contributed by atoms with Gasteiger partial charge in [-0.15, -0.1) is 0 Å². The fourth-order valence-electron chi connectivity index (χ4n) is 4.43. The molecule has 3 aliphatic rings. The lowest BCUT2D eigenvalue weighted by Gasteiger charge is -2.35. The summed E-state index contributed by atoms with van der Waals surface area (Å²) in [6.07, 6.45) is 11.2. The highest BCUT2D eigenvalue weighted by Gasteiger charge is 2.62. The zero-order valence-corrected chi connectivity index (χ0v) is 20.2. The molecule has 7 nitrogen and oxygen atoms in total. The first-order valence-corrected chi connectivity index (χ1v) is 11.5. The molecule has 1 aliphatic carbocycles. The lowest BCUT2D eigenvalue weighted by molar-refractivity contribution is -0.156. The Morgan fingerprint density at radius 1 is 1.24 bits per heavy atom. The number of hydrogen-bond donors (Lipinski definition) is 2. The van der Waals surface area contributed by atoms with Crippen LogP contribution < -0.4 is 0 Å². The SMILES string of the molecule is CC[C@@H](C)/C=C(C)/C=C/C(O)=C/C(=O)[C@H]1C(=O)O[C@@]2(C)C(=O)C=C3C=C(C[C@H](C)O)OC=C3[C@@H]12. The van der Waals surface area contributed by atoms with Gasteiger partial charge in [0.05, 0.1) is 18.3 Å². The Balaban J connectivity index is 1.88. The van der Waals surface area contributed by atoms with Gasteiger partial charge in [-0.3, -0.25) is 14.4 Å². The van der Waals surface area contributed by atoms with E-state index in [-0.39, 0.29) is 12.2 Å². The highest BCUT2D eigenvalue weighted by atomic mass is 16.6. The zero-order chi connectivity index (χ0) is 25.2. The van der Waals surface area contributed by atoms with E-state index in [1.165, 1.54) is 25.3 Å². The van der Waals surface area contributed by atoms with Gasteiger partial charge in [0.2, 0.25) is 0 Å². The van der Waals surface area contributed by atoms with Gasteiger partial charge in [-0.1, -0.05) is 38.0 Å². The zero-order valence-electron chi connectivity index (χ0n) is 20.2. The minimum absolute atomic E-state index is 0.253. The van der Waals surface area contributed by atoms with Gasteiger partial charge in [0.15, 0.2) is 17.2 Å². The molecular weight excluding hydrogens is 436 g/mol. The fraction of sp³-hybridized carbons (Fsp3) is 0.444. The second kappa shape index (κ2) is 9.97. The maximum absolute atomic E-state index is 13.1. The van der Waals surface area contributed by atoms with Crippen molar-refractivity contribution in [3.8, 4) is 0 Å². The summed E-state index contributed by atoms with van der Waals surface area (Å²) >= 11 is 0. The van der Waals surface area contributed by atoms with Crippen LogP contribution >= 0.6 is 0 Å². The Kier molecular flexibility index (Phi) is 7.46. The van der Waals surface area contributed by atoms with Crippen molar-refractivity contribution in [2.24, 2.45) is 17.8 Å². The first kappa shape index (κ1) is 25.4. The highest BCUT2D eigenvalue weighted by molar-refractivity contribution is 6.12. The van der Waals surface area contributed by atoms with Gasteiger partial charge in [0, 0.05) is 18.1 Å². The van der Waals surface area contributed by atoms with E-state index in [4.69, 9.17) is 9.47 Å². The summed E-state index contributed by atoms with van der Waals surface area (Å²) in [4.78, 5) is 38.7. The monoisotopic (exact) mass is 468 g/mol. The summed E-state index contributed by atoms with van der Waals surface area (Å²) in [5, 5.41) is 19.9. The third-order valence-electron chi connectivity index (χ3n) is 6.39. The van der Waals surface area contributed by atoms with E-state index < -0.39 is 41.1 Å². The van der Waals surface area contributed by atoms with Crippen molar-refractivity contribution >= 4 is 17.5 Å². The van der Waals surface area contributed by atoms with E-state index in [1.807, 2.05) is 6.92 Å². The summed E-state index contributed by atoms with van der Waals surface area (Å²) < 4.78 is 11.0. The minimum Gasteiger partial charge on any atom is -0.508 e. The average Bonchev–Trinajstić information content (AvgIpc) is 3.03. The lowest BCUT2D eigenvalue weighted by atomic mass is 9.67. The van der Waals surface area contributed by atoms with Crippen molar-refractivity contribution in [2.75, 3.05) is 0 Å². The second-order valence-corrected chi connectivity index (χ2v) is 9.40. The third-order valence-corrected chi connectivity index (χ3v) is 6.39. The number of carbonyl (C=O) groups is 3. The molecule has 0 unspecified atom stereocenters. The molecule has 0 radical (unpaired) electrons. The number of carbonyl (C=O) groups excluding carboxylic acids is 3. The molecule has 0 aromatic heterocycles. The molecule has 182 valence electrons. The minimum atomic E-state index is -1.54. The van der Waals surface area contributed by atoms with Crippen molar-refractivity contribution in [3.63, 3.8) is 0 Å². The normalized spacial score (nSPS) is 28.8. The number of aliphatic hydroxyl groups is 2. The van der Waals surface area contributed by atoms with Crippen LogP contribution in [0.3, 0.4) is 0 Å². The molecule has 0 spiro atoms. The quantitative estimate of drug-likeness (QED) is 0.181. The van der Waals surface area contributed by atoms with Crippen LogP contribution in [-0.4, -0.2) is 39.5 Å². The molecule has 0 aromatic carbocycles. The molecule has 1 fully saturated rings. The van der Waals surface area contributed by atoms with Crippen molar-refractivity contribution in [3.05, 3.63) is 71.0 Å². The number of esters is 1. The standard InChI is InChI=1S/C27H32O7/c1-6-15(2)9-16(3)7-8-19(29)13-22(30)24-25-21-14-33-20(10-17(4)28)11-18(21)12-23(31)27(25,5)34-26(24)32/h7-9,11-15,17,24-25,28-29H,6,10H2,1-5H3/b8-7+,16-9+,19-13-/t15-,17+,24-,25+,27+/m1/s1. The summed E-state index contributed by atoms with van der Waals surface area (Å²) in [6, 6.07) is 0. The van der Waals surface area contributed by atoms with Gasteiger partial charge in [0.1, 0.15) is 17.4 Å². The molecule has 5 atom stereocenters. The van der Waals surface area contributed by atoms with Crippen LogP contribution in [0.5, 0.6) is 0 Å². The maximum atomic E-state index is 13.1. The number of fused-ring (bicyclic) bond motifs is 3. The molecule has 34 heavy (non-hydrogen) atoms. The number of ether oxygens (including phenoxy) is 2.